The number of rotatable bonds is 2. The molecule has 1 aromatic heterocycles. The van der Waals surface area contributed by atoms with Crippen LogP contribution in [0, 0.1) is 23.2 Å². The molecule has 0 aliphatic heterocycles. The molecule has 78 valence electrons. The molecule has 1 aliphatic rings. The zero-order chi connectivity index (χ0) is 10.8. The summed E-state index contributed by atoms with van der Waals surface area (Å²) in [6, 6.07) is 4.70. The summed E-state index contributed by atoms with van der Waals surface area (Å²) in [5.41, 5.74) is 0.0711. The van der Waals surface area contributed by atoms with Crippen LogP contribution in [0.1, 0.15) is 25.5 Å². The number of halogens is 1. The summed E-state index contributed by atoms with van der Waals surface area (Å²) in [6.07, 6.45) is 2.02. The van der Waals surface area contributed by atoms with Crippen molar-refractivity contribution in [2.75, 3.05) is 0 Å². The van der Waals surface area contributed by atoms with Crippen LogP contribution >= 0.6 is 0 Å². The van der Waals surface area contributed by atoms with Crippen LogP contribution in [0.25, 0.3) is 0 Å². The predicted molar refractivity (Wildman–Crippen MR) is 51.7 cm³/mol. The molecule has 1 heterocycles. The molecule has 0 unspecified atom stereocenters. The second-order valence-electron chi connectivity index (χ2n) is 3.91. The van der Waals surface area contributed by atoms with Gasteiger partial charge in [0.05, 0.1) is 6.10 Å². The van der Waals surface area contributed by atoms with Gasteiger partial charge in [0, 0.05) is 0 Å². The lowest BCUT2D eigenvalue weighted by molar-refractivity contribution is 0.0691. The summed E-state index contributed by atoms with van der Waals surface area (Å²) in [4.78, 5) is 3.47. The second kappa shape index (κ2) is 3.85. The molecule has 0 radical (unpaired) electrons. The van der Waals surface area contributed by atoms with E-state index < -0.39 is 5.95 Å². The van der Waals surface area contributed by atoms with Crippen LogP contribution in [0.2, 0.25) is 0 Å². The maximum Gasteiger partial charge on any atom is 0.256 e. The van der Waals surface area contributed by atoms with Crippen LogP contribution in [-0.4, -0.2) is 11.1 Å². The highest BCUT2D eigenvalue weighted by Gasteiger charge is 2.27. The van der Waals surface area contributed by atoms with E-state index in [4.69, 9.17) is 10.00 Å². The van der Waals surface area contributed by atoms with Gasteiger partial charge in [-0.15, -0.1) is 0 Å². The van der Waals surface area contributed by atoms with Gasteiger partial charge in [0.25, 0.3) is 5.95 Å². The van der Waals surface area contributed by atoms with Crippen molar-refractivity contribution in [2.24, 2.45) is 5.92 Å². The molecule has 0 saturated heterocycles. The van der Waals surface area contributed by atoms with Crippen molar-refractivity contribution >= 4 is 0 Å². The SMILES string of the molecule is CC1CC(Oc2ccc(C#N)nc2F)C1. The number of nitriles is 1. The molecule has 2 rings (SSSR count). The van der Waals surface area contributed by atoms with Crippen molar-refractivity contribution in [3.8, 4) is 11.8 Å². The van der Waals surface area contributed by atoms with E-state index in [0.717, 1.165) is 12.8 Å². The first-order chi connectivity index (χ1) is 7.19. The van der Waals surface area contributed by atoms with Gasteiger partial charge in [0.1, 0.15) is 11.8 Å². The van der Waals surface area contributed by atoms with Gasteiger partial charge in [-0.05, 0) is 30.9 Å². The largest absolute Gasteiger partial charge is 0.486 e. The molecule has 15 heavy (non-hydrogen) atoms. The Hall–Kier alpha value is -1.63. The van der Waals surface area contributed by atoms with Crippen LogP contribution < -0.4 is 4.74 Å². The Morgan fingerprint density at radius 1 is 1.53 bits per heavy atom. The first kappa shape index (κ1) is 9.91. The van der Waals surface area contributed by atoms with E-state index in [1.807, 2.05) is 0 Å². The normalized spacial score (nSPS) is 24.1. The number of nitrogens with zero attached hydrogens (tertiary/aromatic N) is 2. The molecule has 0 atom stereocenters. The maximum absolute atomic E-state index is 13.3. The highest BCUT2D eigenvalue weighted by Crippen LogP contribution is 2.31. The molecule has 0 N–H and O–H groups in total. The van der Waals surface area contributed by atoms with Crippen molar-refractivity contribution in [3.63, 3.8) is 0 Å². The molecule has 0 bridgehead atoms. The van der Waals surface area contributed by atoms with Gasteiger partial charge in [-0.3, -0.25) is 0 Å². The maximum atomic E-state index is 13.3. The fraction of sp³-hybridized carbons (Fsp3) is 0.455. The Kier molecular flexibility index (Phi) is 2.55. The minimum atomic E-state index is -0.700. The molecule has 1 saturated carbocycles. The van der Waals surface area contributed by atoms with Crippen molar-refractivity contribution in [1.82, 2.24) is 4.98 Å². The number of hydrogen-bond acceptors (Lipinski definition) is 3. The van der Waals surface area contributed by atoms with Crippen molar-refractivity contribution < 1.29 is 9.13 Å². The topological polar surface area (TPSA) is 45.9 Å². The fourth-order valence-corrected chi connectivity index (χ4v) is 1.68. The fourth-order valence-electron chi connectivity index (χ4n) is 1.68. The molecule has 3 nitrogen and oxygen atoms in total. The first-order valence-electron chi connectivity index (χ1n) is 4.92. The summed E-state index contributed by atoms with van der Waals surface area (Å²) in [5.74, 6) is 0.101. The average Bonchev–Trinajstić information content (AvgIpc) is 2.18. The third kappa shape index (κ3) is 2.07. The van der Waals surface area contributed by atoms with Crippen molar-refractivity contribution in [2.45, 2.75) is 25.9 Å². The highest BCUT2D eigenvalue weighted by molar-refractivity contribution is 5.28. The van der Waals surface area contributed by atoms with E-state index in [2.05, 4.69) is 11.9 Å². The van der Waals surface area contributed by atoms with E-state index in [9.17, 15) is 4.39 Å². The van der Waals surface area contributed by atoms with Gasteiger partial charge in [0.15, 0.2) is 5.75 Å². The van der Waals surface area contributed by atoms with E-state index >= 15 is 0 Å². The van der Waals surface area contributed by atoms with Gasteiger partial charge in [-0.25, -0.2) is 4.98 Å². The molecule has 0 aromatic carbocycles. The zero-order valence-corrected chi connectivity index (χ0v) is 8.40. The molecule has 0 amide bonds. The van der Waals surface area contributed by atoms with Gasteiger partial charge in [-0.1, -0.05) is 6.92 Å². The van der Waals surface area contributed by atoms with Crippen LogP contribution in [0.15, 0.2) is 12.1 Å². The minimum absolute atomic E-state index is 0.0711. The molecule has 4 heteroatoms. The Morgan fingerprint density at radius 3 is 2.80 bits per heavy atom. The molecule has 1 fully saturated rings. The van der Waals surface area contributed by atoms with Crippen LogP contribution in [-0.2, 0) is 0 Å². The van der Waals surface area contributed by atoms with Gasteiger partial charge >= 0.3 is 0 Å². The van der Waals surface area contributed by atoms with E-state index in [-0.39, 0.29) is 17.5 Å². The van der Waals surface area contributed by atoms with Gasteiger partial charge in [-0.2, -0.15) is 9.65 Å². The standard InChI is InChI=1S/C11H11FN2O/c1-7-4-9(5-7)15-10-3-2-8(6-13)14-11(10)12/h2-3,7,9H,4-5H2,1H3. The Labute approximate surface area is 87.5 Å². The number of pyridine rings is 1. The molecule has 1 aliphatic carbocycles. The summed E-state index contributed by atoms with van der Waals surface area (Å²) in [6.45, 7) is 2.13. The monoisotopic (exact) mass is 206 g/mol. The summed E-state index contributed by atoms with van der Waals surface area (Å²) in [7, 11) is 0. The Balaban J connectivity index is 2.06. The van der Waals surface area contributed by atoms with Crippen LogP contribution in [0.4, 0.5) is 4.39 Å². The highest BCUT2D eigenvalue weighted by atomic mass is 19.1. The van der Waals surface area contributed by atoms with E-state index in [0.29, 0.717) is 5.92 Å². The van der Waals surface area contributed by atoms with Crippen molar-refractivity contribution in [1.29, 1.82) is 5.26 Å². The van der Waals surface area contributed by atoms with Gasteiger partial charge in [0.2, 0.25) is 0 Å². The number of aromatic nitrogens is 1. The summed E-state index contributed by atoms with van der Waals surface area (Å²) in [5, 5.41) is 8.51. The summed E-state index contributed by atoms with van der Waals surface area (Å²) < 4.78 is 18.7. The quantitative estimate of drug-likeness (QED) is 0.697. The molecule has 0 spiro atoms. The van der Waals surface area contributed by atoms with Crippen LogP contribution in [0.5, 0.6) is 5.75 Å². The Bertz CT molecular complexity index is 408. The lowest BCUT2D eigenvalue weighted by atomic mass is 9.84. The zero-order valence-electron chi connectivity index (χ0n) is 8.40. The molecular weight excluding hydrogens is 195 g/mol. The molecular formula is C11H11FN2O. The predicted octanol–water partition coefficient (Wildman–Crippen LogP) is 2.27. The number of hydrogen-bond donors (Lipinski definition) is 0. The third-order valence-electron chi connectivity index (χ3n) is 2.55. The molecule has 1 aromatic rings. The smallest absolute Gasteiger partial charge is 0.256 e. The number of ether oxygens (including phenoxy) is 1. The lowest BCUT2D eigenvalue weighted by Crippen LogP contribution is -2.32. The van der Waals surface area contributed by atoms with E-state index in [1.54, 1.807) is 6.07 Å². The summed E-state index contributed by atoms with van der Waals surface area (Å²) >= 11 is 0. The Morgan fingerprint density at radius 2 is 2.27 bits per heavy atom. The minimum Gasteiger partial charge on any atom is -0.486 e. The average molecular weight is 206 g/mol. The first-order valence-corrected chi connectivity index (χ1v) is 4.92. The van der Waals surface area contributed by atoms with Gasteiger partial charge < -0.3 is 4.74 Å². The van der Waals surface area contributed by atoms with Crippen molar-refractivity contribution in [3.05, 3.63) is 23.8 Å². The lowest BCUT2D eigenvalue weighted by Gasteiger charge is -2.32. The van der Waals surface area contributed by atoms with Crippen LogP contribution in [0.3, 0.4) is 0 Å². The van der Waals surface area contributed by atoms with E-state index in [1.165, 1.54) is 12.1 Å². The second-order valence-corrected chi connectivity index (χ2v) is 3.91. The third-order valence-corrected chi connectivity index (χ3v) is 2.55.